The van der Waals surface area contributed by atoms with Gasteiger partial charge in [0.15, 0.2) is 23.3 Å². The Morgan fingerprint density at radius 2 is 1.53 bits per heavy atom. The fraction of sp³-hybridized carbons (Fsp3) is 0. The van der Waals surface area contributed by atoms with Gasteiger partial charge in [0, 0.05) is 16.7 Å². The van der Waals surface area contributed by atoms with Gasteiger partial charge in [0.2, 0.25) is 0 Å². The lowest BCUT2D eigenvalue weighted by molar-refractivity contribution is 0.459. The number of hydrogen-bond acceptors (Lipinski definition) is 2. The highest BCUT2D eigenvalue weighted by molar-refractivity contribution is 9.11. The van der Waals surface area contributed by atoms with Crippen LogP contribution in [0, 0.1) is 23.3 Å². The van der Waals surface area contributed by atoms with Gasteiger partial charge in [-0.2, -0.15) is 0 Å². The van der Waals surface area contributed by atoms with Gasteiger partial charge in [-0.3, -0.25) is 0 Å². The molecule has 0 saturated carbocycles. The average Bonchev–Trinajstić information content (AvgIpc) is 2.34. The lowest BCUT2D eigenvalue weighted by Crippen LogP contribution is -2.04. The standard InChI is InChI=1S/C11H4Br2F4N2/c12-4-1-5(13)11(18-3-4)19-10-8(16)6(14)2-7(15)9(10)17/h1-3H,(H,18,19). The topological polar surface area (TPSA) is 24.9 Å². The van der Waals surface area contributed by atoms with E-state index in [-0.39, 0.29) is 11.9 Å². The van der Waals surface area contributed by atoms with Gasteiger partial charge < -0.3 is 5.32 Å². The maximum Gasteiger partial charge on any atom is 0.185 e. The fourth-order valence-electron chi connectivity index (χ4n) is 1.31. The van der Waals surface area contributed by atoms with E-state index in [4.69, 9.17) is 0 Å². The van der Waals surface area contributed by atoms with Crippen molar-refractivity contribution < 1.29 is 17.6 Å². The van der Waals surface area contributed by atoms with Crippen LogP contribution in [-0.2, 0) is 0 Å². The molecule has 1 N–H and O–H groups in total. The number of rotatable bonds is 2. The molecule has 100 valence electrons. The summed E-state index contributed by atoms with van der Waals surface area (Å²) in [6.07, 6.45) is 1.36. The maximum atomic E-state index is 13.4. The van der Waals surface area contributed by atoms with E-state index < -0.39 is 29.0 Å². The number of hydrogen-bond donors (Lipinski definition) is 1. The quantitative estimate of drug-likeness (QED) is 0.573. The van der Waals surface area contributed by atoms with Gasteiger partial charge in [0.05, 0.1) is 4.47 Å². The molecule has 0 aliphatic carbocycles. The van der Waals surface area contributed by atoms with E-state index >= 15 is 0 Å². The molecule has 0 saturated heterocycles. The normalized spacial score (nSPS) is 10.6. The van der Waals surface area contributed by atoms with Crippen LogP contribution in [0.3, 0.4) is 0 Å². The molecule has 0 fully saturated rings. The molecule has 19 heavy (non-hydrogen) atoms. The molecular weight excluding hydrogens is 396 g/mol. The summed E-state index contributed by atoms with van der Waals surface area (Å²) in [5.74, 6) is -6.00. The van der Waals surface area contributed by atoms with Crippen LogP contribution < -0.4 is 5.32 Å². The minimum atomic E-state index is -1.52. The third-order valence-electron chi connectivity index (χ3n) is 2.16. The largest absolute Gasteiger partial charge is 0.334 e. The second-order valence-electron chi connectivity index (χ2n) is 3.45. The molecule has 2 nitrogen and oxygen atoms in total. The summed E-state index contributed by atoms with van der Waals surface area (Å²) < 4.78 is 53.9. The third kappa shape index (κ3) is 2.89. The summed E-state index contributed by atoms with van der Waals surface area (Å²) in [4.78, 5) is 3.83. The summed E-state index contributed by atoms with van der Waals surface area (Å²) in [6, 6.07) is 1.70. The van der Waals surface area contributed by atoms with Gasteiger partial charge in [-0.1, -0.05) is 0 Å². The molecule has 0 aliphatic heterocycles. The lowest BCUT2D eigenvalue weighted by Gasteiger charge is -2.10. The van der Waals surface area contributed by atoms with Gasteiger partial charge in [-0.25, -0.2) is 22.5 Å². The zero-order valence-electron chi connectivity index (χ0n) is 8.95. The average molecular weight is 400 g/mol. The molecule has 2 aromatic rings. The van der Waals surface area contributed by atoms with Gasteiger partial charge in [-0.15, -0.1) is 0 Å². The van der Waals surface area contributed by atoms with Crippen molar-refractivity contribution in [1.29, 1.82) is 0 Å². The van der Waals surface area contributed by atoms with Crippen molar-refractivity contribution in [3.8, 4) is 0 Å². The lowest BCUT2D eigenvalue weighted by atomic mass is 10.2. The molecule has 0 unspecified atom stereocenters. The van der Waals surface area contributed by atoms with Crippen molar-refractivity contribution >= 4 is 43.4 Å². The number of benzene rings is 1. The van der Waals surface area contributed by atoms with Crippen molar-refractivity contribution in [2.45, 2.75) is 0 Å². The first-order chi connectivity index (χ1) is 8.90. The van der Waals surface area contributed by atoms with Crippen molar-refractivity contribution in [3.05, 3.63) is 50.5 Å². The molecule has 1 aromatic carbocycles. The highest BCUT2D eigenvalue weighted by Gasteiger charge is 2.20. The predicted molar refractivity (Wildman–Crippen MR) is 69.2 cm³/mol. The van der Waals surface area contributed by atoms with Crippen LogP contribution in [-0.4, -0.2) is 4.98 Å². The first kappa shape index (κ1) is 14.3. The van der Waals surface area contributed by atoms with E-state index in [1.807, 2.05) is 0 Å². The Morgan fingerprint density at radius 1 is 0.947 bits per heavy atom. The summed E-state index contributed by atoms with van der Waals surface area (Å²) in [7, 11) is 0. The monoisotopic (exact) mass is 398 g/mol. The Kier molecular flexibility index (Phi) is 4.10. The molecule has 2 rings (SSSR count). The molecule has 1 heterocycles. The number of nitrogens with one attached hydrogen (secondary N) is 1. The van der Waals surface area contributed by atoms with Crippen LogP contribution in [0.4, 0.5) is 29.1 Å². The summed E-state index contributed by atoms with van der Waals surface area (Å²) in [6.45, 7) is 0. The van der Waals surface area contributed by atoms with E-state index in [1.54, 1.807) is 6.07 Å². The third-order valence-corrected chi connectivity index (χ3v) is 3.20. The van der Waals surface area contributed by atoms with Gasteiger partial charge in [0.1, 0.15) is 11.5 Å². The van der Waals surface area contributed by atoms with Crippen LogP contribution in [0.2, 0.25) is 0 Å². The Labute approximate surface area is 122 Å². The van der Waals surface area contributed by atoms with Crippen LogP contribution in [0.1, 0.15) is 0 Å². The molecular formula is C11H4Br2F4N2. The van der Waals surface area contributed by atoms with E-state index in [9.17, 15) is 17.6 Å². The SMILES string of the molecule is Fc1cc(F)c(F)c(Nc2ncc(Br)cc2Br)c1F. The Balaban J connectivity index is 2.49. The van der Waals surface area contributed by atoms with Gasteiger partial charge in [-0.05, 0) is 37.9 Å². The Bertz CT molecular complexity index is 623. The number of aromatic nitrogens is 1. The van der Waals surface area contributed by atoms with Gasteiger partial charge >= 0.3 is 0 Å². The van der Waals surface area contributed by atoms with Crippen molar-refractivity contribution in [2.75, 3.05) is 5.32 Å². The van der Waals surface area contributed by atoms with Crippen LogP contribution in [0.5, 0.6) is 0 Å². The van der Waals surface area contributed by atoms with E-state index in [2.05, 4.69) is 42.2 Å². The maximum absolute atomic E-state index is 13.4. The molecule has 8 heteroatoms. The zero-order chi connectivity index (χ0) is 14.2. The Morgan fingerprint density at radius 3 is 2.05 bits per heavy atom. The molecule has 0 bridgehead atoms. The molecule has 0 spiro atoms. The van der Waals surface area contributed by atoms with Crippen LogP contribution in [0.25, 0.3) is 0 Å². The summed E-state index contributed by atoms with van der Waals surface area (Å²) in [5, 5.41) is 2.21. The van der Waals surface area contributed by atoms with Crippen LogP contribution in [0.15, 0.2) is 27.3 Å². The second-order valence-corrected chi connectivity index (χ2v) is 5.22. The highest BCUT2D eigenvalue weighted by atomic mass is 79.9. The minimum Gasteiger partial charge on any atom is -0.334 e. The van der Waals surface area contributed by atoms with Crippen molar-refractivity contribution in [2.24, 2.45) is 0 Å². The zero-order valence-corrected chi connectivity index (χ0v) is 12.1. The summed E-state index contributed by atoms with van der Waals surface area (Å²) in [5.41, 5.74) is -0.937. The van der Waals surface area contributed by atoms with E-state index in [1.165, 1.54) is 6.20 Å². The molecule has 0 aliphatic rings. The predicted octanol–water partition coefficient (Wildman–Crippen LogP) is 4.91. The number of halogens is 6. The minimum absolute atomic E-state index is 0.0194. The van der Waals surface area contributed by atoms with E-state index in [0.29, 0.717) is 8.95 Å². The van der Waals surface area contributed by atoms with E-state index in [0.717, 1.165) is 0 Å². The smallest absolute Gasteiger partial charge is 0.185 e. The first-order valence-electron chi connectivity index (χ1n) is 4.81. The highest BCUT2D eigenvalue weighted by Crippen LogP contribution is 2.30. The number of anilines is 2. The number of nitrogens with zero attached hydrogens (tertiary/aromatic N) is 1. The van der Waals surface area contributed by atoms with Crippen LogP contribution >= 0.6 is 31.9 Å². The van der Waals surface area contributed by atoms with Crippen molar-refractivity contribution in [1.82, 2.24) is 4.98 Å². The van der Waals surface area contributed by atoms with Crippen molar-refractivity contribution in [3.63, 3.8) is 0 Å². The first-order valence-corrected chi connectivity index (χ1v) is 6.40. The molecule has 0 radical (unpaired) electrons. The number of pyridine rings is 1. The summed E-state index contributed by atoms with van der Waals surface area (Å²) >= 11 is 6.25. The Hall–Kier alpha value is -1.15. The molecule has 0 atom stereocenters. The molecule has 0 amide bonds. The molecule has 1 aromatic heterocycles. The fourth-order valence-corrected chi connectivity index (χ4v) is 2.39. The van der Waals surface area contributed by atoms with Gasteiger partial charge in [0.25, 0.3) is 0 Å². The second kappa shape index (κ2) is 5.46.